The highest BCUT2D eigenvalue weighted by Gasteiger charge is 2.09. The molecule has 0 spiro atoms. The molecule has 1 atom stereocenters. The largest absolute Gasteiger partial charge is 0.396 e. The van der Waals surface area contributed by atoms with Crippen LogP contribution >= 0.6 is 0 Å². The summed E-state index contributed by atoms with van der Waals surface area (Å²) in [6.07, 6.45) is 5.71. The first-order valence-electron chi connectivity index (χ1n) is 4.48. The highest BCUT2D eigenvalue weighted by Crippen LogP contribution is 2.11. The molecule has 0 saturated heterocycles. The van der Waals surface area contributed by atoms with Gasteiger partial charge in [0.1, 0.15) is 0 Å². The van der Waals surface area contributed by atoms with E-state index in [1.165, 1.54) is 0 Å². The maximum atomic E-state index is 8.84. The Balaban J connectivity index is 2.64. The standard InChI is InChI=1S/C9H15N3O/c1-2-11-8(3-6-13)9-7-10-4-5-12-9/h4-5,7-8,11,13H,2-3,6H2,1H3/t8-/m1/s1. The number of hydrogen-bond donors (Lipinski definition) is 2. The van der Waals surface area contributed by atoms with E-state index in [-0.39, 0.29) is 12.6 Å². The van der Waals surface area contributed by atoms with Crippen LogP contribution in [-0.2, 0) is 0 Å². The summed E-state index contributed by atoms with van der Waals surface area (Å²) < 4.78 is 0. The van der Waals surface area contributed by atoms with Gasteiger partial charge in [0.05, 0.1) is 11.7 Å². The lowest BCUT2D eigenvalue weighted by Gasteiger charge is -2.14. The second-order valence-corrected chi connectivity index (χ2v) is 2.75. The van der Waals surface area contributed by atoms with Crippen LogP contribution in [0.3, 0.4) is 0 Å². The Morgan fingerprint density at radius 1 is 1.54 bits per heavy atom. The number of nitrogens with one attached hydrogen (secondary N) is 1. The van der Waals surface area contributed by atoms with Crippen LogP contribution in [0.15, 0.2) is 18.6 Å². The van der Waals surface area contributed by atoms with Crippen molar-refractivity contribution in [2.24, 2.45) is 0 Å². The van der Waals surface area contributed by atoms with Crippen LogP contribution in [0, 0.1) is 0 Å². The normalized spacial score (nSPS) is 12.8. The van der Waals surface area contributed by atoms with E-state index in [4.69, 9.17) is 5.11 Å². The zero-order valence-corrected chi connectivity index (χ0v) is 7.77. The van der Waals surface area contributed by atoms with Crippen molar-refractivity contribution in [3.63, 3.8) is 0 Å². The number of aromatic nitrogens is 2. The fourth-order valence-electron chi connectivity index (χ4n) is 1.22. The molecule has 0 unspecified atom stereocenters. The molecule has 13 heavy (non-hydrogen) atoms. The second kappa shape index (κ2) is 5.61. The Morgan fingerprint density at radius 3 is 2.92 bits per heavy atom. The number of nitrogens with zero attached hydrogens (tertiary/aromatic N) is 2. The molecule has 1 aromatic heterocycles. The van der Waals surface area contributed by atoms with Crippen molar-refractivity contribution in [2.45, 2.75) is 19.4 Å². The molecular weight excluding hydrogens is 166 g/mol. The zero-order chi connectivity index (χ0) is 9.52. The Hall–Kier alpha value is -1.00. The van der Waals surface area contributed by atoms with Gasteiger partial charge < -0.3 is 10.4 Å². The maximum absolute atomic E-state index is 8.84. The average molecular weight is 181 g/mol. The van der Waals surface area contributed by atoms with Crippen molar-refractivity contribution < 1.29 is 5.11 Å². The maximum Gasteiger partial charge on any atom is 0.0756 e. The van der Waals surface area contributed by atoms with E-state index in [1.807, 2.05) is 6.92 Å². The molecule has 0 radical (unpaired) electrons. The number of hydrogen-bond acceptors (Lipinski definition) is 4. The van der Waals surface area contributed by atoms with E-state index in [0.29, 0.717) is 6.42 Å². The zero-order valence-electron chi connectivity index (χ0n) is 7.77. The molecule has 0 bridgehead atoms. The van der Waals surface area contributed by atoms with Gasteiger partial charge in [-0.25, -0.2) is 0 Å². The molecule has 0 saturated carbocycles. The van der Waals surface area contributed by atoms with Crippen LogP contribution in [0.25, 0.3) is 0 Å². The van der Waals surface area contributed by atoms with Crippen LogP contribution in [-0.4, -0.2) is 28.2 Å². The molecule has 0 aliphatic carbocycles. The highest BCUT2D eigenvalue weighted by atomic mass is 16.3. The van der Waals surface area contributed by atoms with Crippen LogP contribution in [0.1, 0.15) is 25.1 Å². The summed E-state index contributed by atoms with van der Waals surface area (Å²) in [5.74, 6) is 0. The lowest BCUT2D eigenvalue weighted by molar-refractivity contribution is 0.265. The summed E-state index contributed by atoms with van der Waals surface area (Å²) >= 11 is 0. The fraction of sp³-hybridized carbons (Fsp3) is 0.556. The molecule has 1 heterocycles. The highest BCUT2D eigenvalue weighted by molar-refractivity contribution is 5.01. The smallest absolute Gasteiger partial charge is 0.0756 e. The monoisotopic (exact) mass is 181 g/mol. The first-order valence-corrected chi connectivity index (χ1v) is 4.48. The van der Waals surface area contributed by atoms with Crippen molar-refractivity contribution >= 4 is 0 Å². The van der Waals surface area contributed by atoms with Gasteiger partial charge in [-0.15, -0.1) is 0 Å². The van der Waals surface area contributed by atoms with Gasteiger partial charge in [0.2, 0.25) is 0 Å². The minimum Gasteiger partial charge on any atom is -0.396 e. The Kier molecular flexibility index (Phi) is 4.35. The van der Waals surface area contributed by atoms with Crippen LogP contribution in [0.2, 0.25) is 0 Å². The third kappa shape index (κ3) is 3.08. The molecule has 72 valence electrons. The first-order chi connectivity index (χ1) is 6.38. The van der Waals surface area contributed by atoms with Gasteiger partial charge in [-0.3, -0.25) is 9.97 Å². The van der Waals surface area contributed by atoms with E-state index in [2.05, 4.69) is 15.3 Å². The van der Waals surface area contributed by atoms with E-state index < -0.39 is 0 Å². The SMILES string of the molecule is CCN[C@H](CCO)c1cnccn1. The molecule has 1 aromatic rings. The van der Waals surface area contributed by atoms with Crippen molar-refractivity contribution in [3.8, 4) is 0 Å². The predicted octanol–water partition coefficient (Wildman–Crippen LogP) is 0.510. The van der Waals surface area contributed by atoms with E-state index in [9.17, 15) is 0 Å². The van der Waals surface area contributed by atoms with Gasteiger partial charge in [-0.2, -0.15) is 0 Å². The lowest BCUT2D eigenvalue weighted by Crippen LogP contribution is -2.22. The summed E-state index contributed by atoms with van der Waals surface area (Å²) in [5.41, 5.74) is 0.887. The van der Waals surface area contributed by atoms with Crippen LogP contribution in [0.5, 0.6) is 0 Å². The minimum atomic E-state index is 0.115. The van der Waals surface area contributed by atoms with E-state index >= 15 is 0 Å². The second-order valence-electron chi connectivity index (χ2n) is 2.75. The van der Waals surface area contributed by atoms with Gasteiger partial charge in [0.15, 0.2) is 0 Å². The van der Waals surface area contributed by atoms with Gasteiger partial charge in [0, 0.05) is 25.2 Å². The average Bonchev–Trinajstić information content (AvgIpc) is 2.19. The first kappa shape index (κ1) is 10.1. The summed E-state index contributed by atoms with van der Waals surface area (Å²) in [6, 6.07) is 0.115. The summed E-state index contributed by atoms with van der Waals surface area (Å²) in [5, 5.41) is 12.1. The third-order valence-electron chi connectivity index (χ3n) is 1.81. The molecule has 0 fully saturated rings. The Morgan fingerprint density at radius 2 is 2.38 bits per heavy atom. The quantitative estimate of drug-likeness (QED) is 0.695. The molecular formula is C9H15N3O. The molecule has 4 nitrogen and oxygen atoms in total. The lowest BCUT2D eigenvalue weighted by atomic mass is 10.1. The minimum absolute atomic E-state index is 0.115. The molecule has 0 aliphatic heterocycles. The molecule has 1 rings (SSSR count). The molecule has 2 N–H and O–H groups in total. The molecule has 0 aromatic carbocycles. The van der Waals surface area contributed by atoms with E-state index in [1.54, 1.807) is 18.6 Å². The topological polar surface area (TPSA) is 58.0 Å². The van der Waals surface area contributed by atoms with Crippen LogP contribution in [0.4, 0.5) is 0 Å². The molecule has 4 heteroatoms. The predicted molar refractivity (Wildman–Crippen MR) is 50.2 cm³/mol. The van der Waals surface area contributed by atoms with Crippen molar-refractivity contribution in [3.05, 3.63) is 24.3 Å². The number of aliphatic hydroxyl groups excluding tert-OH is 1. The van der Waals surface area contributed by atoms with Gasteiger partial charge >= 0.3 is 0 Å². The summed E-state index contributed by atoms with van der Waals surface area (Å²) in [6.45, 7) is 3.05. The van der Waals surface area contributed by atoms with Gasteiger partial charge in [-0.1, -0.05) is 6.92 Å². The number of rotatable bonds is 5. The fourth-order valence-corrected chi connectivity index (χ4v) is 1.22. The molecule has 0 aliphatic rings. The van der Waals surface area contributed by atoms with E-state index in [0.717, 1.165) is 12.2 Å². The third-order valence-corrected chi connectivity index (χ3v) is 1.81. The Labute approximate surface area is 78.0 Å². The Bertz CT molecular complexity index is 222. The van der Waals surface area contributed by atoms with Gasteiger partial charge in [0.25, 0.3) is 0 Å². The summed E-state index contributed by atoms with van der Waals surface area (Å²) in [4.78, 5) is 8.17. The summed E-state index contributed by atoms with van der Waals surface area (Å²) in [7, 11) is 0. The van der Waals surface area contributed by atoms with Crippen molar-refractivity contribution in [2.75, 3.05) is 13.2 Å². The van der Waals surface area contributed by atoms with Crippen LogP contribution < -0.4 is 5.32 Å². The van der Waals surface area contributed by atoms with Crippen molar-refractivity contribution in [1.82, 2.24) is 15.3 Å². The van der Waals surface area contributed by atoms with Crippen molar-refractivity contribution in [1.29, 1.82) is 0 Å². The van der Waals surface area contributed by atoms with Gasteiger partial charge in [-0.05, 0) is 13.0 Å². The molecule has 0 amide bonds. The number of aliphatic hydroxyl groups is 1.